The van der Waals surface area contributed by atoms with E-state index in [1.165, 1.54) is 10.6 Å². The lowest BCUT2D eigenvalue weighted by molar-refractivity contribution is 0.0950. The molecule has 6 nitrogen and oxygen atoms in total. The van der Waals surface area contributed by atoms with Crippen molar-refractivity contribution in [3.05, 3.63) is 88.4 Å². The van der Waals surface area contributed by atoms with Gasteiger partial charge >= 0.3 is 0 Å². The van der Waals surface area contributed by atoms with Gasteiger partial charge in [0.25, 0.3) is 11.5 Å². The number of benzene rings is 1. The highest BCUT2D eigenvalue weighted by Gasteiger charge is 2.08. The number of hydrogen-bond acceptors (Lipinski definition) is 3. The summed E-state index contributed by atoms with van der Waals surface area (Å²) >= 11 is 0. The van der Waals surface area contributed by atoms with Gasteiger partial charge in [-0.3, -0.25) is 9.59 Å². The molecule has 0 aliphatic rings. The minimum absolute atomic E-state index is 0.205. The van der Waals surface area contributed by atoms with Crippen molar-refractivity contribution in [3.63, 3.8) is 0 Å². The number of nitrogens with zero attached hydrogens (tertiary/aromatic N) is 3. The van der Waals surface area contributed by atoms with Crippen LogP contribution < -0.4 is 10.9 Å². The third-order valence-electron chi connectivity index (χ3n) is 3.84. The van der Waals surface area contributed by atoms with Gasteiger partial charge in [-0.25, -0.2) is 4.98 Å². The van der Waals surface area contributed by atoms with Crippen molar-refractivity contribution in [2.45, 2.75) is 13.1 Å². The van der Waals surface area contributed by atoms with Crippen LogP contribution in [0.4, 0.5) is 0 Å². The summed E-state index contributed by atoms with van der Waals surface area (Å²) in [6.07, 6.45) is 6.98. The second-order valence-corrected chi connectivity index (χ2v) is 5.55. The van der Waals surface area contributed by atoms with E-state index in [2.05, 4.69) is 10.3 Å². The molecule has 1 amide bonds. The molecule has 1 N–H and O–H groups in total. The van der Waals surface area contributed by atoms with Crippen LogP contribution in [0.5, 0.6) is 0 Å². The number of amides is 1. The lowest BCUT2D eigenvalue weighted by atomic mass is 10.1. The molecule has 2 aromatic heterocycles. The molecule has 0 atom stereocenters. The Morgan fingerprint density at radius 2 is 1.96 bits per heavy atom. The number of rotatable bonds is 5. The molecule has 2 heterocycles. The fraction of sp³-hybridized carbons (Fsp3) is 0.167. The van der Waals surface area contributed by atoms with E-state index in [1.807, 2.05) is 35.0 Å². The molecule has 0 aliphatic heterocycles. The van der Waals surface area contributed by atoms with E-state index in [4.69, 9.17) is 0 Å². The van der Waals surface area contributed by atoms with Crippen LogP contribution >= 0.6 is 0 Å². The number of imidazole rings is 1. The molecule has 0 saturated heterocycles. The fourth-order valence-electron chi connectivity index (χ4n) is 2.43. The Bertz CT molecular complexity index is 897. The van der Waals surface area contributed by atoms with Crippen LogP contribution in [0.1, 0.15) is 21.5 Å². The minimum Gasteiger partial charge on any atom is -0.348 e. The maximum Gasteiger partial charge on any atom is 0.251 e. The number of pyridine rings is 1. The SMILES string of the molecule is Cn1ccc(C(=O)NCc2ccccc2Cn2ccnc2)cc1=O. The highest BCUT2D eigenvalue weighted by molar-refractivity contribution is 5.93. The summed E-state index contributed by atoms with van der Waals surface area (Å²) in [4.78, 5) is 27.9. The Morgan fingerprint density at radius 1 is 1.17 bits per heavy atom. The van der Waals surface area contributed by atoms with E-state index in [9.17, 15) is 9.59 Å². The van der Waals surface area contributed by atoms with E-state index in [0.29, 0.717) is 18.7 Å². The Kier molecular flexibility index (Phi) is 4.56. The monoisotopic (exact) mass is 322 g/mol. The van der Waals surface area contributed by atoms with Crippen molar-refractivity contribution >= 4 is 5.91 Å². The molecule has 0 radical (unpaired) electrons. The fourth-order valence-corrected chi connectivity index (χ4v) is 2.43. The van der Waals surface area contributed by atoms with Crippen molar-refractivity contribution in [1.82, 2.24) is 19.4 Å². The van der Waals surface area contributed by atoms with Crippen LogP contribution in [-0.2, 0) is 20.1 Å². The van der Waals surface area contributed by atoms with Crippen LogP contribution in [0.15, 0.2) is 66.1 Å². The molecule has 3 aromatic rings. The van der Waals surface area contributed by atoms with E-state index >= 15 is 0 Å². The maximum atomic E-state index is 12.2. The van der Waals surface area contributed by atoms with Crippen LogP contribution in [0.3, 0.4) is 0 Å². The summed E-state index contributed by atoms with van der Waals surface area (Å²) in [7, 11) is 1.65. The van der Waals surface area contributed by atoms with Crippen molar-refractivity contribution in [3.8, 4) is 0 Å². The number of carbonyl (C=O) groups is 1. The predicted octanol–water partition coefficient (Wildman–Crippen LogP) is 1.56. The van der Waals surface area contributed by atoms with Gasteiger partial charge in [-0.15, -0.1) is 0 Å². The molecule has 0 saturated carbocycles. The van der Waals surface area contributed by atoms with Crippen LogP contribution in [0, 0.1) is 0 Å². The summed E-state index contributed by atoms with van der Waals surface area (Å²) in [5, 5.41) is 2.87. The molecule has 0 aliphatic carbocycles. The molecule has 24 heavy (non-hydrogen) atoms. The summed E-state index contributed by atoms with van der Waals surface area (Å²) < 4.78 is 3.40. The highest BCUT2D eigenvalue weighted by atomic mass is 16.2. The first-order valence-electron chi connectivity index (χ1n) is 7.61. The van der Waals surface area contributed by atoms with E-state index in [0.717, 1.165) is 11.1 Å². The first-order valence-corrected chi connectivity index (χ1v) is 7.61. The molecule has 1 aromatic carbocycles. The van der Waals surface area contributed by atoms with Crippen LogP contribution in [-0.4, -0.2) is 20.0 Å². The van der Waals surface area contributed by atoms with Gasteiger partial charge in [0, 0.05) is 50.4 Å². The van der Waals surface area contributed by atoms with Crippen molar-refractivity contribution in [2.75, 3.05) is 0 Å². The molecular formula is C18H18N4O2. The minimum atomic E-state index is -0.259. The van der Waals surface area contributed by atoms with Gasteiger partial charge in [-0.05, 0) is 17.2 Å². The quantitative estimate of drug-likeness (QED) is 0.775. The normalized spacial score (nSPS) is 10.5. The van der Waals surface area contributed by atoms with Gasteiger partial charge in [-0.1, -0.05) is 24.3 Å². The smallest absolute Gasteiger partial charge is 0.251 e. The second kappa shape index (κ2) is 6.95. The van der Waals surface area contributed by atoms with Gasteiger partial charge < -0.3 is 14.5 Å². The lowest BCUT2D eigenvalue weighted by Gasteiger charge is -2.11. The van der Waals surface area contributed by atoms with Gasteiger partial charge in [0.1, 0.15) is 0 Å². The van der Waals surface area contributed by atoms with Gasteiger partial charge in [0.15, 0.2) is 0 Å². The summed E-state index contributed by atoms with van der Waals surface area (Å²) in [6.45, 7) is 1.09. The molecule has 0 spiro atoms. The standard InChI is InChI=1S/C18H18N4O2/c1-21-8-6-14(10-17(21)23)18(24)20-11-15-4-2-3-5-16(15)12-22-9-7-19-13-22/h2-10,13H,11-12H2,1H3,(H,20,24). The molecule has 0 bridgehead atoms. The molecule has 6 heteroatoms. The number of aromatic nitrogens is 3. The predicted molar refractivity (Wildman–Crippen MR) is 90.6 cm³/mol. The van der Waals surface area contributed by atoms with Crippen LogP contribution in [0.2, 0.25) is 0 Å². The maximum absolute atomic E-state index is 12.2. The van der Waals surface area contributed by atoms with Crippen molar-refractivity contribution in [2.24, 2.45) is 7.05 Å². The first-order chi connectivity index (χ1) is 11.6. The van der Waals surface area contributed by atoms with Gasteiger partial charge in [0.05, 0.1) is 6.33 Å². The zero-order valence-electron chi connectivity index (χ0n) is 13.3. The lowest BCUT2D eigenvalue weighted by Crippen LogP contribution is -2.26. The summed E-state index contributed by atoms with van der Waals surface area (Å²) in [6, 6.07) is 10.9. The third-order valence-corrected chi connectivity index (χ3v) is 3.84. The van der Waals surface area contributed by atoms with Gasteiger partial charge in [-0.2, -0.15) is 0 Å². The third kappa shape index (κ3) is 3.60. The number of carbonyl (C=O) groups excluding carboxylic acids is 1. The van der Waals surface area contributed by atoms with E-state index in [1.54, 1.807) is 31.8 Å². The molecular weight excluding hydrogens is 304 g/mol. The number of hydrogen-bond donors (Lipinski definition) is 1. The zero-order valence-corrected chi connectivity index (χ0v) is 13.3. The summed E-state index contributed by atoms with van der Waals surface area (Å²) in [5.74, 6) is -0.259. The van der Waals surface area contributed by atoms with Crippen molar-refractivity contribution < 1.29 is 4.79 Å². The van der Waals surface area contributed by atoms with Crippen molar-refractivity contribution in [1.29, 1.82) is 0 Å². The molecule has 122 valence electrons. The molecule has 3 rings (SSSR count). The van der Waals surface area contributed by atoms with E-state index in [-0.39, 0.29) is 11.5 Å². The first kappa shape index (κ1) is 15.7. The van der Waals surface area contributed by atoms with E-state index < -0.39 is 0 Å². The zero-order chi connectivity index (χ0) is 16.9. The Morgan fingerprint density at radius 3 is 2.67 bits per heavy atom. The number of nitrogens with one attached hydrogen (secondary N) is 1. The average Bonchev–Trinajstić information content (AvgIpc) is 3.09. The number of aryl methyl sites for hydroxylation is 1. The highest BCUT2D eigenvalue weighted by Crippen LogP contribution is 2.11. The topological polar surface area (TPSA) is 68.9 Å². The molecule has 0 unspecified atom stereocenters. The Labute approximate surface area is 139 Å². The van der Waals surface area contributed by atoms with Gasteiger partial charge in [0.2, 0.25) is 0 Å². The largest absolute Gasteiger partial charge is 0.348 e. The Balaban J connectivity index is 1.71. The Hall–Kier alpha value is -3.15. The second-order valence-electron chi connectivity index (χ2n) is 5.55. The van der Waals surface area contributed by atoms with Crippen LogP contribution in [0.25, 0.3) is 0 Å². The molecule has 0 fully saturated rings. The summed E-state index contributed by atoms with van der Waals surface area (Å²) in [5.41, 5.74) is 2.30. The average molecular weight is 322 g/mol.